The van der Waals surface area contributed by atoms with Gasteiger partial charge in [0.25, 0.3) is 0 Å². The van der Waals surface area contributed by atoms with E-state index in [1.165, 1.54) is 0 Å². The lowest BCUT2D eigenvalue weighted by Gasteiger charge is -2.26. The first-order chi connectivity index (χ1) is 12.2. The van der Waals surface area contributed by atoms with Crippen LogP contribution in [-0.2, 0) is 17.8 Å². The maximum absolute atomic E-state index is 12.5. The highest BCUT2D eigenvalue weighted by atomic mass is 35.5. The number of hydrogen-bond donors (Lipinski definition) is 1. The summed E-state index contributed by atoms with van der Waals surface area (Å²) in [6, 6.07) is 11.2. The average Bonchev–Trinajstić information content (AvgIpc) is 3.29. The molecule has 0 unspecified atom stereocenters. The number of rotatable bonds is 3. The molecule has 0 fully saturated rings. The Kier molecular flexibility index (Phi) is 4.15. The van der Waals surface area contributed by atoms with Crippen LogP contribution in [0.15, 0.2) is 53.2 Å². The largest absolute Gasteiger partial charge is 0.465 e. The third-order valence-electron chi connectivity index (χ3n) is 4.30. The molecule has 1 N–H and O–H groups in total. The zero-order valence-corrected chi connectivity index (χ0v) is 14.2. The van der Waals surface area contributed by atoms with E-state index in [1.54, 1.807) is 24.5 Å². The van der Waals surface area contributed by atoms with Crippen molar-refractivity contribution in [3.63, 3.8) is 0 Å². The van der Waals surface area contributed by atoms with Crippen LogP contribution in [0.3, 0.4) is 0 Å². The average molecular weight is 354 g/mol. The van der Waals surface area contributed by atoms with Gasteiger partial charge >= 0.3 is 0 Å². The van der Waals surface area contributed by atoms with E-state index in [9.17, 15) is 4.79 Å². The van der Waals surface area contributed by atoms with Gasteiger partial charge in [-0.25, -0.2) is 0 Å². The molecule has 0 bridgehead atoms. The number of nitrogens with one attached hydrogen (secondary N) is 1. The fourth-order valence-electron chi connectivity index (χ4n) is 2.97. The monoisotopic (exact) mass is 353 g/mol. The highest BCUT2D eigenvalue weighted by Crippen LogP contribution is 2.29. The van der Waals surface area contributed by atoms with Crippen molar-refractivity contribution in [2.24, 2.45) is 0 Å². The molecule has 0 saturated carbocycles. The minimum absolute atomic E-state index is 0.0368. The summed E-state index contributed by atoms with van der Waals surface area (Å²) in [5, 5.41) is 8.23. The molecular weight excluding hydrogens is 338 g/mol. The molecule has 1 amide bonds. The van der Waals surface area contributed by atoms with Gasteiger partial charge in [0.15, 0.2) is 0 Å². The van der Waals surface area contributed by atoms with Crippen LogP contribution in [0.1, 0.15) is 17.0 Å². The molecule has 3 aromatic rings. The number of aromatic amines is 1. The summed E-state index contributed by atoms with van der Waals surface area (Å²) in [5.41, 5.74) is 4.01. The fraction of sp³-hybridized carbons (Fsp3) is 0.158. The van der Waals surface area contributed by atoms with E-state index in [4.69, 9.17) is 16.0 Å². The van der Waals surface area contributed by atoms with Crippen LogP contribution in [0.25, 0.3) is 17.3 Å². The topological polar surface area (TPSA) is 62.1 Å². The highest BCUT2D eigenvalue weighted by Gasteiger charge is 2.24. The van der Waals surface area contributed by atoms with Crippen molar-refractivity contribution in [2.45, 2.75) is 13.0 Å². The number of halogens is 1. The molecule has 4 rings (SSSR count). The molecule has 3 heterocycles. The molecular formula is C19H16ClN3O2. The van der Waals surface area contributed by atoms with Crippen molar-refractivity contribution in [2.75, 3.05) is 6.54 Å². The first-order valence-electron chi connectivity index (χ1n) is 8.03. The predicted octanol–water partition coefficient (Wildman–Crippen LogP) is 3.92. The number of fused-ring (bicyclic) bond motifs is 1. The van der Waals surface area contributed by atoms with Gasteiger partial charge in [-0.3, -0.25) is 9.89 Å². The summed E-state index contributed by atoms with van der Waals surface area (Å²) in [5.74, 6) is 0.626. The van der Waals surface area contributed by atoms with Gasteiger partial charge in [-0.05, 0) is 30.3 Å². The molecule has 0 saturated heterocycles. The number of benzene rings is 1. The Hall–Kier alpha value is -2.79. The lowest BCUT2D eigenvalue weighted by Crippen LogP contribution is -2.34. The standard InChI is InChI=1S/C19H16ClN3O2/c20-14-5-3-13(4-6-14)19-16-12-23(10-9-17(16)21-22-19)18(24)8-7-15-2-1-11-25-15/h1-8,11H,9-10,12H2,(H,21,22). The van der Waals surface area contributed by atoms with Gasteiger partial charge in [0.2, 0.25) is 5.91 Å². The van der Waals surface area contributed by atoms with Crippen molar-refractivity contribution in [3.05, 3.63) is 70.8 Å². The molecule has 1 aliphatic rings. The Labute approximate surface area is 149 Å². The van der Waals surface area contributed by atoms with Gasteiger partial charge in [0.1, 0.15) is 5.76 Å². The van der Waals surface area contributed by atoms with Crippen molar-refractivity contribution < 1.29 is 9.21 Å². The number of carbonyl (C=O) groups excluding carboxylic acids is 1. The van der Waals surface area contributed by atoms with Crippen LogP contribution in [0.2, 0.25) is 5.02 Å². The molecule has 0 radical (unpaired) electrons. The zero-order chi connectivity index (χ0) is 17.2. The Morgan fingerprint density at radius 3 is 2.88 bits per heavy atom. The number of nitrogens with zero attached hydrogens (tertiary/aromatic N) is 2. The van der Waals surface area contributed by atoms with Crippen molar-refractivity contribution >= 4 is 23.6 Å². The lowest BCUT2D eigenvalue weighted by atomic mass is 10.0. The Balaban J connectivity index is 1.55. The molecule has 0 aliphatic carbocycles. The summed E-state index contributed by atoms with van der Waals surface area (Å²) in [6.45, 7) is 1.20. The minimum Gasteiger partial charge on any atom is -0.465 e. The lowest BCUT2D eigenvalue weighted by molar-refractivity contribution is -0.126. The normalized spacial score (nSPS) is 14.0. The number of hydrogen-bond acceptors (Lipinski definition) is 3. The molecule has 126 valence electrons. The Morgan fingerprint density at radius 2 is 2.12 bits per heavy atom. The highest BCUT2D eigenvalue weighted by molar-refractivity contribution is 6.30. The van der Waals surface area contributed by atoms with E-state index in [0.717, 1.165) is 28.9 Å². The van der Waals surface area contributed by atoms with Crippen LogP contribution < -0.4 is 0 Å². The molecule has 1 aromatic carbocycles. The van der Waals surface area contributed by atoms with Crippen molar-refractivity contribution in [3.8, 4) is 11.3 Å². The number of furan rings is 1. The number of amides is 1. The van der Waals surface area contributed by atoms with Gasteiger partial charge in [0, 0.05) is 47.4 Å². The molecule has 6 heteroatoms. The Bertz CT molecular complexity index is 911. The second-order valence-corrected chi connectivity index (χ2v) is 6.33. The van der Waals surface area contributed by atoms with Crippen LogP contribution in [-0.4, -0.2) is 27.5 Å². The summed E-state index contributed by atoms with van der Waals surface area (Å²) < 4.78 is 5.22. The first kappa shape index (κ1) is 15.7. The van der Waals surface area contributed by atoms with Gasteiger partial charge < -0.3 is 9.32 Å². The van der Waals surface area contributed by atoms with E-state index in [0.29, 0.717) is 23.9 Å². The third-order valence-corrected chi connectivity index (χ3v) is 4.55. The first-order valence-corrected chi connectivity index (χ1v) is 8.41. The van der Waals surface area contributed by atoms with Crippen LogP contribution in [0.4, 0.5) is 0 Å². The maximum atomic E-state index is 12.5. The summed E-state index contributed by atoms with van der Waals surface area (Å²) in [4.78, 5) is 14.3. The Morgan fingerprint density at radius 1 is 1.28 bits per heavy atom. The van der Waals surface area contributed by atoms with Crippen LogP contribution in [0.5, 0.6) is 0 Å². The summed E-state index contributed by atoms with van der Waals surface area (Å²) in [7, 11) is 0. The van der Waals surface area contributed by atoms with Gasteiger partial charge in [0.05, 0.1) is 12.0 Å². The van der Waals surface area contributed by atoms with E-state index in [1.807, 2.05) is 35.2 Å². The third kappa shape index (κ3) is 3.23. The second kappa shape index (κ2) is 6.61. The van der Waals surface area contributed by atoms with Gasteiger partial charge in [-0.2, -0.15) is 5.10 Å². The van der Waals surface area contributed by atoms with Crippen LogP contribution in [0, 0.1) is 0 Å². The molecule has 5 nitrogen and oxygen atoms in total. The summed E-state index contributed by atoms with van der Waals surface area (Å²) >= 11 is 5.96. The predicted molar refractivity (Wildman–Crippen MR) is 95.9 cm³/mol. The molecule has 0 spiro atoms. The van der Waals surface area contributed by atoms with Crippen LogP contribution >= 0.6 is 11.6 Å². The zero-order valence-electron chi connectivity index (χ0n) is 13.4. The van der Waals surface area contributed by atoms with Gasteiger partial charge in [-0.15, -0.1) is 0 Å². The minimum atomic E-state index is -0.0368. The van der Waals surface area contributed by atoms with Crippen molar-refractivity contribution in [1.29, 1.82) is 0 Å². The number of H-pyrrole nitrogens is 1. The summed E-state index contributed by atoms with van der Waals surface area (Å²) in [6.07, 6.45) is 5.58. The van der Waals surface area contributed by atoms with E-state index < -0.39 is 0 Å². The number of carbonyl (C=O) groups is 1. The molecule has 1 aliphatic heterocycles. The SMILES string of the molecule is O=C(C=Cc1ccco1)N1CCc2[nH]nc(-c3ccc(Cl)cc3)c2C1. The second-order valence-electron chi connectivity index (χ2n) is 5.89. The molecule has 0 atom stereocenters. The van der Waals surface area contributed by atoms with Gasteiger partial charge in [-0.1, -0.05) is 23.7 Å². The van der Waals surface area contributed by atoms with E-state index in [2.05, 4.69) is 10.2 Å². The fourth-order valence-corrected chi connectivity index (χ4v) is 3.10. The quantitative estimate of drug-likeness (QED) is 0.726. The molecule has 2 aromatic heterocycles. The number of aromatic nitrogens is 2. The van der Waals surface area contributed by atoms with E-state index in [-0.39, 0.29) is 5.91 Å². The molecule has 25 heavy (non-hydrogen) atoms. The smallest absolute Gasteiger partial charge is 0.247 e. The van der Waals surface area contributed by atoms with E-state index >= 15 is 0 Å². The maximum Gasteiger partial charge on any atom is 0.247 e. The van der Waals surface area contributed by atoms with Crippen molar-refractivity contribution in [1.82, 2.24) is 15.1 Å².